The van der Waals surface area contributed by atoms with Gasteiger partial charge in [-0.25, -0.2) is 15.0 Å². The summed E-state index contributed by atoms with van der Waals surface area (Å²) in [6.07, 6.45) is 0.539. The van der Waals surface area contributed by atoms with Crippen molar-refractivity contribution in [2.24, 2.45) is 0 Å². The molecule has 0 spiro atoms. The van der Waals surface area contributed by atoms with Crippen LogP contribution in [0, 0.1) is 6.92 Å². The summed E-state index contributed by atoms with van der Waals surface area (Å²) in [5, 5.41) is 9.15. The van der Waals surface area contributed by atoms with Gasteiger partial charge in [0.25, 0.3) is 5.91 Å². The van der Waals surface area contributed by atoms with Crippen molar-refractivity contribution in [3.8, 4) is 5.88 Å². The number of anilines is 3. The average Bonchev–Trinajstić information content (AvgIpc) is 3.15. The molecule has 1 atom stereocenters. The van der Waals surface area contributed by atoms with Gasteiger partial charge < -0.3 is 20.7 Å². The van der Waals surface area contributed by atoms with Crippen LogP contribution in [0.4, 0.5) is 29.7 Å². The Morgan fingerprint density at radius 1 is 1.21 bits per heavy atom. The van der Waals surface area contributed by atoms with Crippen molar-refractivity contribution >= 4 is 33.9 Å². The van der Waals surface area contributed by atoms with Crippen molar-refractivity contribution in [2.75, 3.05) is 23.7 Å². The van der Waals surface area contributed by atoms with Crippen LogP contribution in [0.25, 0.3) is 0 Å². The van der Waals surface area contributed by atoms with E-state index in [0.29, 0.717) is 28.5 Å². The fraction of sp³-hybridized carbons (Fsp3) is 0.350. The van der Waals surface area contributed by atoms with Crippen LogP contribution in [-0.2, 0) is 6.18 Å². The summed E-state index contributed by atoms with van der Waals surface area (Å²) in [4.78, 5) is 24.2. The lowest BCUT2D eigenvalue weighted by Gasteiger charge is -2.23. The highest BCUT2D eigenvalue weighted by atomic mass is 32.1. The van der Waals surface area contributed by atoms with Crippen LogP contribution in [0.5, 0.6) is 5.88 Å². The second-order valence-corrected chi connectivity index (χ2v) is 8.08. The fourth-order valence-corrected chi connectivity index (χ4v) is 3.99. The average molecular weight is 479 g/mol. The molecule has 4 rings (SSSR count). The Bertz CT molecular complexity index is 1100. The first-order valence-electron chi connectivity index (χ1n) is 10.1. The van der Waals surface area contributed by atoms with Gasteiger partial charge in [0.05, 0.1) is 35.5 Å². The number of hydrogen-bond acceptors (Lipinski definition) is 9. The molecule has 0 saturated carbocycles. The third kappa shape index (κ3) is 5.73. The van der Waals surface area contributed by atoms with E-state index in [1.54, 1.807) is 19.1 Å². The van der Waals surface area contributed by atoms with Crippen molar-refractivity contribution in [3.05, 3.63) is 47.7 Å². The molecule has 33 heavy (non-hydrogen) atoms. The van der Waals surface area contributed by atoms with Gasteiger partial charge in [0.15, 0.2) is 5.69 Å². The lowest BCUT2D eigenvalue weighted by Crippen LogP contribution is -2.37. The summed E-state index contributed by atoms with van der Waals surface area (Å²) >= 11 is 0.988. The predicted octanol–water partition coefficient (Wildman–Crippen LogP) is 3.78. The third-order valence-corrected chi connectivity index (χ3v) is 5.66. The standard InChI is InChI=1S/C20H20F3N7O2S/c1-11-17(19(33-30-11)29-15-10-25-14(9-26-15)20(21,22)23)18(31)28-12-4-5-16(27-7-12)32-13-3-2-6-24-8-13/h4-5,7,9-10,13,24H,2-3,6,8H2,1H3,(H,26,29)(H,28,31)/t13-/m0/s1. The van der Waals surface area contributed by atoms with E-state index in [1.807, 2.05) is 0 Å². The number of piperidine rings is 1. The van der Waals surface area contributed by atoms with E-state index in [-0.39, 0.29) is 17.5 Å². The number of carbonyl (C=O) groups is 1. The molecular formula is C20H20F3N7O2S. The van der Waals surface area contributed by atoms with Crippen molar-refractivity contribution in [1.82, 2.24) is 24.6 Å². The Balaban J connectivity index is 1.42. The number of halogens is 3. The number of ether oxygens (including phenoxy) is 1. The topological polar surface area (TPSA) is 114 Å². The SMILES string of the molecule is Cc1nsc(Nc2cnc(C(F)(F)F)cn2)c1C(=O)Nc1ccc(O[C@H]2CCCNC2)nc1. The normalized spacial score (nSPS) is 16.3. The molecular weight excluding hydrogens is 459 g/mol. The minimum Gasteiger partial charge on any atom is -0.473 e. The van der Waals surface area contributed by atoms with Gasteiger partial charge in [0.1, 0.15) is 16.9 Å². The van der Waals surface area contributed by atoms with E-state index in [1.165, 1.54) is 6.20 Å². The van der Waals surface area contributed by atoms with Crippen LogP contribution in [0.3, 0.4) is 0 Å². The van der Waals surface area contributed by atoms with Crippen LogP contribution in [-0.4, -0.2) is 44.4 Å². The first-order valence-corrected chi connectivity index (χ1v) is 10.8. The first-order chi connectivity index (χ1) is 15.8. The molecule has 0 bridgehead atoms. The molecule has 9 nitrogen and oxygen atoms in total. The summed E-state index contributed by atoms with van der Waals surface area (Å²) in [6.45, 7) is 3.41. The lowest BCUT2D eigenvalue weighted by molar-refractivity contribution is -0.141. The maximum Gasteiger partial charge on any atom is 0.434 e. The molecule has 1 aliphatic heterocycles. The molecule has 1 aliphatic rings. The van der Waals surface area contributed by atoms with Gasteiger partial charge in [-0.3, -0.25) is 4.79 Å². The lowest BCUT2D eigenvalue weighted by atomic mass is 10.1. The zero-order valence-corrected chi connectivity index (χ0v) is 18.3. The zero-order chi connectivity index (χ0) is 23.4. The Morgan fingerprint density at radius 2 is 2.06 bits per heavy atom. The molecule has 174 valence electrons. The molecule has 3 N–H and O–H groups in total. The maximum absolute atomic E-state index is 12.9. The van der Waals surface area contributed by atoms with Crippen LogP contribution < -0.4 is 20.7 Å². The minimum absolute atomic E-state index is 0.0565. The van der Waals surface area contributed by atoms with Gasteiger partial charge in [-0.2, -0.15) is 17.5 Å². The largest absolute Gasteiger partial charge is 0.473 e. The summed E-state index contributed by atoms with van der Waals surface area (Å²) in [7, 11) is 0. The molecule has 0 unspecified atom stereocenters. The Morgan fingerprint density at radius 3 is 2.70 bits per heavy atom. The molecule has 4 heterocycles. The molecule has 0 aromatic carbocycles. The highest BCUT2D eigenvalue weighted by Crippen LogP contribution is 2.30. The number of alkyl halides is 3. The van der Waals surface area contributed by atoms with E-state index in [9.17, 15) is 18.0 Å². The number of nitrogens with one attached hydrogen (secondary N) is 3. The van der Waals surface area contributed by atoms with Crippen LogP contribution in [0.15, 0.2) is 30.7 Å². The second kappa shape index (κ2) is 9.67. The minimum atomic E-state index is -4.58. The Kier molecular flexibility index (Phi) is 6.70. The van der Waals surface area contributed by atoms with Crippen molar-refractivity contribution in [3.63, 3.8) is 0 Å². The Hall–Kier alpha value is -3.32. The van der Waals surface area contributed by atoms with Crippen molar-refractivity contribution < 1.29 is 22.7 Å². The van der Waals surface area contributed by atoms with Gasteiger partial charge in [-0.1, -0.05) is 0 Å². The highest BCUT2D eigenvalue weighted by Gasteiger charge is 2.32. The zero-order valence-electron chi connectivity index (χ0n) is 17.4. The molecule has 3 aromatic heterocycles. The maximum atomic E-state index is 12.9. The summed E-state index contributed by atoms with van der Waals surface area (Å²) in [5.41, 5.74) is 0.0547. The predicted molar refractivity (Wildman–Crippen MR) is 116 cm³/mol. The second-order valence-electron chi connectivity index (χ2n) is 7.31. The molecule has 1 saturated heterocycles. The fourth-order valence-electron chi connectivity index (χ4n) is 3.19. The summed E-state index contributed by atoms with van der Waals surface area (Å²) in [5.74, 6) is 0.0787. The van der Waals surface area contributed by atoms with Gasteiger partial charge in [-0.15, -0.1) is 0 Å². The van der Waals surface area contributed by atoms with Gasteiger partial charge in [0.2, 0.25) is 5.88 Å². The van der Waals surface area contributed by atoms with Gasteiger partial charge in [-0.05, 0) is 43.9 Å². The number of rotatable bonds is 6. The third-order valence-electron chi connectivity index (χ3n) is 4.81. The van der Waals surface area contributed by atoms with E-state index >= 15 is 0 Å². The number of aromatic nitrogens is 4. The molecule has 0 radical (unpaired) electrons. The number of carbonyl (C=O) groups excluding carboxylic acids is 1. The van der Waals surface area contributed by atoms with E-state index in [0.717, 1.165) is 43.7 Å². The molecule has 0 aliphatic carbocycles. The quantitative estimate of drug-likeness (QED) is 0.490. The summed E-state index contributed by atoms with van der Waals surface area (Å²) < 4.78 is 48.0. The molecule has 13 heteroatoms. The van der Waals surface area contributed by atoms with Gasteiger partial charge in [0, 0.05) is 12.6 Å². The van der Waals surface area contributed by atoms with Crippen molar-refractivity contribution in [1.29, 1.82) is 0 Å². The number of hydrogen-bond donors (Lipinski definition) is 3. The van der Waals surface area contributed by atoms with E-state index < -0.39 is 17.8 Å². The molecule has 1 fully saturated rings. The van der Waals surface area contributed by atoms with Crippen LogP contribution in [0.1, 0.15) is 34.6 Å². The number of amides is 1. The van der Waals surface area contributed by atoms with Gasteiger partial charge >= 0.3 is 6.18 Å². The molecule has 1 amide bonds. The van der Waals surface area contributed by atoms with Crippen molar-refractivity contribution in [2.45, 2.75) is 32.0 Å². The van der Waals surface area contributed by atoms with Crippen LogP contribution >= 0.6 is 11.5 Å². The number of aryl methyl sites for hydroxylation is 1. The smallest absolute Gasteiger partial charge is 0.434 e. The number of pyridine rings is 1. The Labute approximate surface area is 191 Å². The van der Waals surface area contributed by atoms with Crippen LogP contribution in [0.2, 0.25) is 0 Å². The monoisotopic (exact) mass is 479 g/mol. The molecule has 3 aromatic rings. The number of nitrogens with zero attached hydrogens (tertiary/aromatic N) is 4. The first kappa shape index (κ1) is 22.9. The van der Waals surface area contributed by atoms with E-state index in [4.69, 9.17) is 4.74 Å². The summed E-state index contributed by atoms with van der Waals surface area (Å²) in [6, 6.07) is 3.36. The van der Waals surface area contributed by atoms with E-state index in [2.05, 4.69) is 35.3 Å². The highest BCUT2D eigenvalue weighted by molar-refractivity contribution is 7.10.